The molecule has 21 heavy (non-hydrogen) atoms. The Morgan fingerprint density at radius 2 is 2.19 bits per heavy atom. The third-order valence-electron chi connectivity index (χ3n) is 5.07. The summed E-state index contributed by atoms with van der Waals surface area (Å²) in [4.78, 5) is 6.75. The molecule has 0 radical (unpaired) electrons. The van der Waals surface area contributed by atoms with E-state index in [2.05, 4.69) is 9.88 Å². The van der Waals surface area contributed by atoms with E-state index in [-0.39, 0.29) is 17.6 Å². The first-order valence-corrected chi connectivity index (χ1v) is 8.14. The Kier molecular flexibility index (Phi) is 4.50. The molecule has 2 atom stereocenters. The Morgan fingerprint density at radius 1 is 1.43 bits per heavy atom. The van der Waals surface area contributed by atoms with Gasteiger partial charge in [0.2, 0.25) is 0 Å². The first-order valence-electron chi connectivity index (χ1n) is 7.76. The second-order valence-corrected chi connectivity index (χ2v) is 6.61. The van der Waals surface area contributed by atoms with Crippen molar-refractivity contribution in [2.75, 3.05) is 19.7 Å². The molecule has 3 rings (SSSR count). The van der Waals surface area contributed by atoms with Crippen LogP contribution >= 0.6 is 11.6 Å². The van der Waals surface area contributed by atoms with Gasteiger partial charge in [0.25, 0.3) is 0 Å². The molecule has 1 N–H and O–H groups in total. The average Bonchev–Trinajstić information content (AvgIpc) is 2.50. The summed E-state index contributed by atoms with van der Waals surface area (Å²) >= 11 is 5.86. The van der Waals surface area contributed by atoms with Crippen LogP contribution < -0.4 is 0 Å². The minimum Gasteiger partial charge on any atom is -0.392 e. The second-order valence-electron chi connectivity index (χ2n) is 6.17. The Morgan fingerprint density at radius 3 is 2.76 bits per heavy atom. The van der Waals surface area contributed by atoms with Crippen molar-refractivity contribution < 1.29 is 9.84 Å². The molecule has 2 unspecified atom stereocenters. The van der Waals surface area contributed by atoms with Gasteiger partial charge in [-0.05, 0) is 45.0 Å². The van der Waals surface area contributed by atoms with Crippen LogP contribution in [0.25, 0.3) is 0 Å². The molecule has 1 aromatic heterocycles. The Hall–Kier alpha value is -0.680. The topological polar surface area (TPSA) is 45.6 Å². The van der Waals surface area contributed by atoms with Gasteiger partial charge in [-0.15, -0.1) is 0 Å². The summed E-state index contributed by atoms with van der Waals surface area (Å²) in [7, 11) is 0. The van der Waals surface area contributed by atoms with Gasteiger partial charge < -0.3 is 9.84 Å². The van der Waals surface area contributed by atoms with Crippen molar-refractivity contribution >= 4 is 11.6 Å². The normalized spacial score (nSPS) is 28.5. The van der Waals surface area contributed by atoms with E-state index in [0.717, 1.165) is 51.2 Å². The summed E-state index contributed by atoms with van der Waals surface area (Å²) < 4.78 is 5.80. The zero-order chi connectivity index (χ0) is 14.9. The number of aromatic nitrogens is 1. The minimum atomic E-state index is -0.190. The van der Waals surface area contributed by atoms with Crippen molar-refractivity contribution in [2.45, 2.75) is 44.9 Å². The van der Waals surface area contributed by atoms with Crippen molar-refractivity contribution in [1.29, 1.82) is 0 Å². The maximum atomic E-state index is 10.2. The van der Waals surface area contributed by atoms with Crippen LogP contribution in [0.3, 0.4) is 0 Å². The van der Waals surface area contributed by atoms with Crippen molar-refractivity contribution in [3.63, 3.8) is 0 Å². The van der Waals surface area contributed by atoms with Crippen molar-refractivity contribution in [3.05, 3.63) is 29.0 Å². The van der Waals surface area contributed by atoms with Crippen LogP contribution in [0.2, 0.25) is 5.02 Å². The lowest BCUT2D eigenvalue weighted by molar-refractivity contribution is -0.209. The molecule has 1 spiro atoms. The first kappa shape index (κ1) is 15.2. The molecular formula is C16H23ClN2O2. The fourth-order valence-electron chi connectivity index (χ4n) is 3.67. The second kappa shape index (κ2) is 6.21. The number of pyridine rings is 1. The molecule has 2 heterocycles. The number of nitrogens with zero attached hydrogens (tertiary/aromatic N) is 2. The average molecular weight is 311 g/mol. The van der Waals surface area contributed by atoms with E-state index in [4.69, 9.17) is 16.3 Å². The van der Waals surface area contributed by atoms with Crippen molar-refractivity contribution in [2.24, 2.45) is 5.41 Å². The molecule has 0 aromatic carbocycles. The lowest BCUT2D eigenvalue weighted by atomic mass is 9.58. The first-order chi connectivity index (χ1) is 10.1. The fourth-order valence-corrected chi connectivity index (χ4v) is 3.78. The molecule has 0 bridgehead atoms. The molecule has 4 nitrogen and oxygen atoms in total. The van der Waals surface area contributed by atoms with Gasteiger partial charge >= 0.3 is 0 Å². The number of ether oxygens (including phenoxy) is 1. The van der Waals surface area contributed by atoms with Gasteiger partial charge in [-0.25, -0.2) is 0 Å². The highest BCUT2D eigenvalue weighted by Gasteiger charge is 2.55. The third kappa shape index (κ3) is 2.95. The Bertz CT molecular complexity index is 470. The molecule has 2 fully saturated rings. The maximum absolute atomic E-state index is 10.2. The largest absolute Gasteiger partial charge is 0.392 e. The number of aliphatic hydroxyl groups is 1. The summed E-state index contributed by atoms with van der Waals surface area (Å²) in [5, 5.41) is 10.9. The molecule has 1 saturated carbocycles. The highest BCUT2D eigenvalue weighted by Crippen LogP contribution is 2.51. The van der Waals surface area contributed by atoms with Crippen LogP contribution in [0.5, 0.6) is 0 Å². The summed E-state index contributed by atoms with van der Waals surface area (Å²) in [6.07, 6.45) is 4.56. The van der Waals surface area contributed by atoms with Gasteiger partial charge in [0.05, 0.1) is 22.9 Å². The lowest BCUT2D eigenvalue weighted by Crippen LogP contribution is -2.62. The minimum absolute atomic E-state index is 0.0000649. The van der Waals surface area contributed by atoms with Crippen molar-refractivity contribution in [1.82, 2.24) is 9.88 Å². The number of halogens is 1. The van der Waals surface area contributed by atoms with E-state index in [9.17, 15) is 5.11 Å². The van der Waals surface area contributed by atoms with Crippen molar-refractivity contribution in [3.8, 4) is 0 Å². The number of hydrogen-bond donors (Lipinski definition) is 1. The summed E-state index contributed by atoms with van der Waals surface area (Å²) in [6.45, 7) is 5.59. The van der Waals surface area contributed by atoms with E-state index >= 15 is 0 Å². The molecule has 1 aliphatic carbocycles. The quantitative estimate of drug-likeness (QED) is 0.928. The van der Waals surface area contributed by atoms with Crippen LogP contribution in [0.4, 0.5) is 0 Å². The highest BCUT2D eigenvalue weighted by molar-refractivity contribution is 6.30. The fraction of sp³-hybridized carbons (Fsp3) is 0.688. The van der Waals surface area contributed by atoms with Gasteiger partial charge in [-0.3, -0.25) is 9.88 Å². The molecular weight excluding hydrogens is 288 g/mol. The number of rotatable bonds is 4. The van der Waals surface area contributed by atoms with Crippen LogP contribution in [-0.2, 0) is 11.3 Å². The van der Waals surface area contributed by atoms with Gasteiger partial charge in [0.15, 0.2) is 0 Å². The number of piperidine rings is 1. The van der Waals surface area contributed by atoms with E-state index in [1.807, 2.05) is 19.1 Å². The van der Waals surface area contributed by atoms with E-state index in [1.54, 1.807) is 6.20 Å². The molecule has 1 aliphatic heterocycles. The van der Waals surface area contributed by atoms with Gasteiger partial charge in [-0.1, -0.05) is 11.6 Å². The van der Waals surface area contributed by atoms with Gasteiger partial charge in [0.1, 0.15) is 0 Å². The monoisotopic (exact) mass is 310 g/mol. The number of hydrogen-bond acceptors (Lipinski definition) is 4. The van der Waals surface area contributed by atoms with E-state index < -0.39 is 0 Å². The van der Waals surface area contributed by atoms with Gasteiger partial charge in [0, 0.05) is 31.2 Å². The number of aliphatic hydroxyl groups excluding tert-OH is 1. The molecule has 0 amide bonds. The van der Waals surface area contributed by atoms with E-state index in [1.165, 1.54) is 0 Å². The smallest absolute Gasteiger partial charge is 0.0681 e. The van der Waals surface area contributed by atoms with Crippen LogP contribution in [0, 0.1) is 5.41 Å². The highest BCUT2D eigenvalue weighted by atomic mass is 35.5. The standard InChI is InChI=1S/C16H23ClN2O2/c1-2-21-15-9-14(20)16(15)5-7-19(8-6-16)11-13-4-3-12(17)10-18-13/h3-4,10,14-15,20H,2,5-9,11H2,1H3. The lowest BCUT2D eigenvalue weighted by Gasteiger charge is -2.56. The van der Waals surface area contributed by atoms with Crippen LogP contribution in [0.15, 0.2) is 18.3 Å². The Labute approximate surface area is 131 Å². The number of likely N-dealkylation sites (tertiary alicyclic amines) is 1. The summed E-state index contributed by atoms with van der Waals surface area (Å²) in [5.41, 5.74) is 1.05. The predicted octanol–water partition coefficient (Wildman–Crippen LogP) is 2.49. The summed E-state index contributed by atoms with van der Waals surface area (Å²) in [6, 6.07) is 3.87. The van der Waals surface area contributed by atoms with E-state index in [0.29, 0.717) is 5.02 Å². The molecule has 1 saturated heterocycles. The van der Waals surface area contributed by atoms with Crippen LogP contribution in [-0.4, -0.2) is 46.9 Å². The molecule has 5 heteroatoms. The zero-order valence-corrected chi connectivity index (χ0v) is 13.2. The SMILES string of the molecule is CCOC1CC(O)C12CCN(Cc1ccc(Cl)cn1)CC2. The third-order valence-corrected chi connectivity index (χ3v) is 5.29. The van der Waals surface area contributed by atoms with Crippen LogP contribution in [0.1, 0.15) is 31.9 Å². The zero-order valence-electron chi connectivity index (χ0n) is 12.5. The maximum Gasteiger partial charge on any atom is 0.0681 e. The molecule has 1 aromatic rings. The van der Waals surface area contributed by atoms with Gasteiger partial charge in [-0.2, -0.15) is 0 Å². The molecule has 2 aliphatic rings. The Balaban J connectivity index is 1.56. The predicted molar refractivity (Wildman–Crippen MR) is 82.2 cm³/mol. The molecule has 116 valence electrons. The summed E-state index contributed by atoms with van der Waals surface area (Å²) in [5.74, 6) is 0.